The van der Waals surface area contributed by atoms with Crippen LogP contribution in [0.2, 0.25) is 0 Å². The van der Waals surface area contributed by atoms with Crippen LogP contribution in [-0.2, 0) is 0 Å². The largest absolute Gasteiger partial charge is 0.382 e. The van der Waals surface area contributed by atoms with Crippen LogP contribution >= 0.6 is 0 Å². The Labute approximate surface area is 109 Å². The number of nitrogens with zero attached hydrogens (tertiary/aromatic N) is 3. The minimum absolute atomic E-state index is 0.0188. The standard InChI is InChI=1S/C12H12N6O/c13-10-9(11(19)18-12(14)15)17-8(6-16-10)7-4-2-1-3-5-7/h1-6H,(H2,13,16)(H4,14,15,18,19). The molecule has 2 aromatic rings. The van der Waals surface area contributed by atoms with Gasteiger partial charge in [0.25, 0.3) is 0 Å². The SMILES string of the molecule is NC(N)=NC(=O)c1nc(-c2ccccc2)cnc1N. The molecule has 0 unspecified atom stereocenters. The Hall–Kier alpha value is -2.96. The van der Waals surface area contributed by atoms with E-state index < -0.39 is 5.91 Å². The van der Waals surface area contributed by atoms with Crippen molar-refractivity contribution in [3.63, 3.8) is 0 Å². The van der Waals surface area contributed by atoms with Crippen LogP contribution in [0.4, 0.5) is 5.82 Å². The van der Waals surface area contributed by atoms with Crippen LogP contribution in [0.1, 0.15) is 10.5 Å². The van der Waals surface area contributed by atoms with Crippen LogP contribution in [0.25, 0.3) is 11.3 Å². The number of anilines is 1. The molecule has 0 radical (unpaired) electrons. The lowest BCUT2D eigenvalue weighted by molar-refractivity contribution is 0.0998. The van der Waals surface area contributed by atoms with Crippen LogP contribution in [0, 0.1) is 0 Å². The number of hydrogen-bond donors (Lipinski definition) is 3. The number of hydrogen-bond acceptors (Lipinski definition) is 4. The fourth-order valence-electron chi connectivity index (χ4n) is 1.47. The Morgan fingerprint density at radius 1 is 1.16 bits per heavy atom. The molecule has 1 amide bonds. The summed E-state index contributed by atoms with van der Waals surface area (Å²) in [7, 11) is 0. The molecule has 0 fully saturated rings. The van der Waals surface area contributed by atoms with E-state index in [0.717, 1.165) is 5.56 Å². The maximum atomic E-state index is 11.7. The van der Waals surface area contributed by atoms with E-state index in [0.29, 0.717) is 5.69 Å². The van der Waals surface area contributed by atoms with Gasteiger partial charge in [-0.3, -0.25) is 4.79 Å². The van der Waals surface area contributed by atoms with Crippen molar-refractivity contribution >= 4 is 17.7 Å². The van der Waals surface area contributed by atoms with Gasteiger partial charge in [-0.15, -0.1) is 0 Å². The Kier molecular flexibility index (Phi) is 3.37. The van der Waals surface area contributed by atoms with Gasteiger partial charge in [-0.25, -0.2) is 9.97 Å². The maximum Gasteiger partial charge on any atom is 0.302 e. The van der Waals surface area contributed by atoms with E-state index in [-0.39, 0.29) is 17.5 Å². The molecule has 1 aromatic heterocycles. The lowest BCUT2D eigenvalue weighted by atomic mass is 10.1. The highest BCUT2D eigenvalue weighted by Gasteiger charge is 2.14. The molecule has 0 saturated carbocycles. The van der Waals surface area contributed by atoms with Crippen LogP contribution < -0.4 is 17.2 Å². The number of nitrogen functional groups attached to an aromatic ring is 1. The predicted molar refractivity (Wildman–Crippen MR) is 72.0 cm³/mol. The molecule has 7 nitrogen and oxygen atoms in total. The number of benzene rings is 1. The molecule has 0 aliphatic rings. The van der Waals surface area contributed by atoms with Crippen molar-refractivity contribution in [3.05, 3.63) is 42.2 Å². The summed E-state index contributed by atoms with van der Waals surface area (Å²) < 4.78 is 0. The first kappa shape index (κ1) is 12.5. The van der Waals surface area contributed by atoms with Gasteiger partial charge >= 0.3 is 5.91 Å². The first-order chi connectivity index (χ1) is 9.08. The van der Waals surface area contributed by atoms with Crippen molar-refractivity contribution in [2.24, 2.45) is 16.5 Å². The number of amides is 1. The molecule has 1 heterocycles. The van der Waals surface area contributed by atoms with Crippen molar-refractivity contribution in [1.82, 2.24) is 9.97 Å². The third kappa shape index (κ3) is 2.83. The summed E-state index contributed by atoms with van der Waals surface area (Å²) in [6.45, 7) is 0. The summed E-state index contributed by atoms with van der Waals surface area (Å²) in [4.78, 5) is 23.2. The molecule has 6 N–H and O–H groups in total. The van der Waals surface area contributed by atoms with Gasteiger partial charge in [0.15, 0.2) is 17.5 Å². The molecule has 7 heteroatoms. The summed E-state index contributed by atoms with van der Waals surface area (Å²) in [5.74, 6) is -1.09. The molecular weight excluding hydrogens is 244 g/mol. The number of aromatic nitrogens is 2. The zero-order chi connectivity index (χ0) is 13.8. The summed E-state index contributed by atoms with van der Waals surface area (Å²) in [6.07, 6.45) is 1.48. The normalized spacial score (nSPS) is 9.89. The van der Waals surface area contributed by atoms with Gasteiger partial charge in [-0.05, 0) is 0 Å². The molecule has 0 aliphatic carbocycles. The highest BCUT2D eigenvalue weighted by Crippen LogP contribution is 2.18. The van der Waals surface area contributed by atoms with E-state index in [1.165, 1.54) is 6.20 Å². The molecule has 19 heavy (non-hydrogen) atoms. The second kappa shape index (κ2) is 5.13. The van der Waals surface area contributed by atoms with E-state index in [1.54, 1.807) is 0 Å². The quantitative estimate of drug-likeness (QED) is 0.517. The van der Waals surface area contributed by atoms with Gasteiger partial charge in [0.05, 0.1) is 11.9 Å². The molecule has 0 atom stereocenters. The number of carbonyl (C=O) groups excluding carboxylic acids is 1. The van der Waals surface area contributed by atoms with Crippen molar-refractivity contribution in [3.8, 4) is 11.3 Å². The lowest BCUT2D eigenvalue weighted by Crippen LogP contribution is -2.24. The van der Waals surface area contributed by atoms with Crippen LogP contribution in [0.15, 0.2) is 41.5 Å². The van der Waals surface area contributed by atoms with E-state index in [1.807, 2.05) is 30.3 Å². The Bertz CT molecular complexity index is 634. The molecule has 0 bridgehead atoms. The fourth-order valence-corrected chi connectivity index (χ4v) is 1.47. The van der Waals surface area contributed by atoms with E-state index in [9.17, 15) is 4.79 Å². The summed E-state index contributed by atoms with van der Waals surface area (Å²) >= 11 is 0. The number of guanidine groups is 1. The van der Waals surface area contributed by atoms with Crippen molar-refractivity contribution in [1.29, 1.82) is 0 Å². The van der Waals surface area contributed by atoms with E-state index >= 15 is 0 Å². The third-order valence-electron chi connectivity index (χ3n) is 2.30. The fraction of sp³-hybridized carbons (Fsp3) is 0. The Balaban J connectivity index is 2.46. The van der Waals surface area contributed by atoms with Crippen molar-refractivity contribution < 1.29 is 4.79 Å². The van der Waals surface area contributed by atoms with Gasteiger partial charge in [0, 0.05) is 5.56 Å². The number of nitrogens with two attached hydrogens (primary N) is 3. The maximum absolute atomic E-state index is 11.7. The number of carbonyl (C=O) groups is 1. The Morgan fingerprint density at radius 2 is 1.84 bits per heavy atom. The first-order valence-electron chi connectivity index (χ1n) is 5.40. The average molecular weight is 256 g/mol. The summed E-state index contributed by atoms with van der Waals surface area (Å²) in [5.41, 5.74) is 17.2. The second-order valence-electron chi connectivity index (χ2n) is 3.70. The lowest BCUT2D eigenvalue weighted by Gasteiger charge is -2.04. The molecule has 2 rings (SSSR count). The average Bonchev–Trinajstić information content (AvgIpc) is 2.39. The minimum Gasteiger partial charge on any atom is -0.382 e. The third-order valence-corrected chi connectivity index (χ3v) is 2.30. The molecule has 0 aliphatic heterocycles. The molecular formula is C12H12N6O. The smallest absolute Gasteiger partial charge is 0.302 e. The highest BCUT2D eigenvalue weighted by atomic mass is 16.1. The van der Waals surface area contributed by atoms with Crippen LogP contribution in [-0.4, -0.2) is 21.8 Å². The molecule has 0 saturated heterocycles. The monoisotopic (exact) mass is 256 g/mol. The highest BCUT2D eigenvalue weighted by molar-refractivity contribution is 6.03. The number of rotatable bonds is 2. The van der Waals surface area contributed by atoms with Gasteiger partial charge in [0.1, 0.15) is 0 Å². The number of aliphatic imine (C=N–C) groups is 1. The minimum atomic E-state index is -0.720. The zero-order valence-corrected chi connectivity index (χ0v) is 9.95. The summed E-state index contributed by atoms with van der Waals surface area (Å²) in [5, 5.41) is 0. The van der Waals surface area contributed by atoms with Gasteiger partial charge < -0.3 is 17.2 Å². The van der Waals surface area contributed by atoms with E-state index in [2.05, 4.69) is 15.0 Å². The topological polar surface area (TPSA) is 133 Å². The van der Waals surface area contributed by atoms with Gasteiger partial charge in [0.2, 0.25) is 0 Å². The van der Waals surface area contributed by atoms with E-state index in [4.69, 9.17) is 17.2 Å². The molecule has 96 valence electrons. The second-order valence-corrected chi connectivity index (χ2v) is 3.70. The van der Waals surface area contributed by atoms with Crippen molar-refractivity contribution in [2.75, 3.05) is 5.73 Å². The van der Waals surface area contributed by atoms with Gasteiger partial charge in [-0.2, -0.15) is 4.99 Å². The van der Waals surface area contributed by atoms with Gasteiger partial charge in [-0.1, -0.05) is 30.3 Å². The van der Waals surface area contributed by atoms with Crippen LogP contribution in [0.3, 0.4) is 0 Å². The summed E-state index contributed by atoms with van der Waals surface area (Å²) in [6, 6.07) is 9.26. The predicted octanol–water partition coefficient (Wildman–Crippen LogP) is 0.139. The molecule has 0 spiro atoms. The molecule has 1 aromatic carbocycles. The zero-order valence-electron chi connectivity index (χ0n) is 9.95. The van der Waals surface area contributed by atoms with Crippen LogP contribution in [0.5, 0.6) is 0 Å². The van der Waals surface area contributed by atoms with Crippen molar-refractivity contribution in [2.45, 2.75) is 0 Å². The first-order valence-corrected chi connectivity index (χ1v) is 5.40. The Morgan fingerprint density at radius 3 is 2.47 bits per heavy atom.